The molecule has 0 bridgehead atoms. The molecule has 1 N–H and O–H groups in total. The molecule has 6 rings (SSSR count). The maximum Gasteiger partial charge on any atom is 0.262 e. The first kappa shape index (κ1) is 23.2. The van der Waals surface area contributed by atoms with E-state index in [2.05, 4.69) is 21.4 Å². The normalized spacial score (nSPS) is 16.3. The number of methoxy groups -OCH3 is 1. The van der Waals surface area contributed by atoms with Gasteiger partial charge in [-0.15, -0.1) is 11.3 Å². The molecule has 0 saturated carbocycles. The van der Waals surface area contributed by atoms with Crippen molar-refractivity contribution in [3.05, 3.63) is 66.2 Å². The maximum absolute atomic E-state index is 13.0. The fourth-order valence-corrected chi connectivity index (χ4v) is 5.62. The number of amides is 2. The Hall–Kier alpha value is -4.24. The summed E-state index contributed by atoms with van der Waals surface area (Å²) in [6, 6.07) is 18.9. The largest absolute Gasteiger partial charge is 0.493 e. The Labute approximate surface area is 217 Å². The van der Waals surface area contributed by atoms with Crippen molar-refractivity contribution < 1.29 is 19.1 Å². The summed E-state index contributed by atoms with van der Waals surface area (Å²) < 4.78 is 12.4. The fraction of sp³-hybridized carbons (Fsp3) is 0.214. The molecule has 2 aliphatic rings. The van der Waals surface area contributed by atoms with Gasteiger partial charge in [-0.2, -0.15) is 0 Å². The van der Waals surface area contributed by atoms with E-state index in [0.717, 1.165) is 40.2 Å². The third kappa shape index (κ3) is 4.53. The van der Waals surface area contributed by atoms with E-state index in [1.54, 1.807) is 23.5 Å². The predicted molar refractivity (Wildman–Crippen MR) is 144 cm³/mol. The average molecular weight is 513 g/mol. The highest BCUT2D eigenvalue weighted by atomic mass is 32.1. The summed E-state index contributed by atoms with van der Waals surface area (Å²) in [7, 11) is 1.50. The van der Waals surface area contributed by atoms with Crippen LogP contribution >= 0.6 is 11.3 Å². The van der Waals surface area contributed by atoms with E-state index in [9.17, 15) is 9.59 Å². The number of aromatic nitrogens is 1. The molecule has 2 amide bonds. The Morgan fingerprint density at radius 2 is 1.97 bits per heavy atom. The van der Waals surface area contributed by atoms with Gasteiger partial charge in [-0.05, 0) is 55.3 Å². The SMILES string of the molecule is COc1cc2c(cc1OCC(=O)Nc1ccc(-c3nc4ccccc4s3)cc1)N=C[C@@H]1CCCN1C2=O. The zero-order valence-electron chi connectivity index (χ0n) is 20.1. The van der Waals surface area contributed by atoms with Gasteiger partial charge in [-0.1, -0.05) is 12.1 Å². The zero-order chi connectivity index (χ0) is 25.4. The first-order valence-electron chi connectivity index (χ1n) is 12.0. The number of benzene rings is 3. The van der Waals surface area contributed by atoms with E-state index in [4.69, 9.17) is 9.47 Å². The van der Waals surface area contributed by atoms with Crippen molar-refractivity contribution in [1.82, 2.24) is 9.88 Å². The van der Waals surface area contributed by atoms with Crippen LogP contribution in [0.4, 0.5) is 11.4 Å². The predicted octanol–water partition coefficient (Wildman–Crippen LogP) is 5.31. The number of thiazole rings is 1. The number of hydrogen-bond donors (Lipinski definition) is 1. The molecule has 1 aromatic heterocycles. The van der Waals surface area contributed by atoms with Crippen LogP contribution in [0.5, 0.6) is 11.5 Å². The second-order valence-corrected chi connectivity index (χ2v) is 9.94. The zero-order valence-corrected chi connectivity index (χ0v) is 21.0. The molecule has 1 saturated heterocycles. The molecule has 0 spiro atoms. The summed E-state index contributed by atoms with van der Waals surface area (Å²) in [6.07, 6.45) is 3.69. The van der Waals surface area contributed by atoms with E-state index < -0.39 is 0 Å². The molecule has 1 fully saturated rings. The molecule has 0 aliphatic carbocycles. The molecule has 37 heavy (non-hydrogen) atoms. The summed E-state index contributed by atoms with van der Waals surface area (Å²) in [5.41, 5.74) is 3.60. The van der Waals surface area contributed by atoms with Crippen molar-refractivity contribution in [1.29, 1.82) is 0 Å². The summed E-state index contributed by atoms with van der Waals surface area (Å²) in [6.45, 7) is 0.498. The topological polar surface area (TPSA) is 93.1 Å². The maximum atomic E-state index is 13.0. The van der Waals surface area contributed by atoms with Gasteiger partial charge >= 0.3 is 0 Å². The minimum atomic E-state index is -0.315. The van der Waals surface area contributed by atoms with Gasteiger partial charge in [0.05, 0.1) is 34.6 Å². The number of ether oxygens (including phenoxy) is 2. The van der Waals surface area contributed by atoms with Crippen LogP contribution in [0.3, 0.4) is 0 Å². The van der Waals surface area contributed by atoms with Crippen LogP contribution in [0.15, 0.2) is 65.7 Å². The number of carbonyl (C=O) groups is 2. The fourth-order valence-electron chi connectivity index (χ4n) is 4.65. The number of fused-ring (bicyclic) bond motifs is 3. The van der Waals surface area contributed by atoms with Gasteiger partial charge < -0.3 is 19.7 Å². The summed E-state index contributed by atoms with van der Waals surface area (Å²) in [5.74, 6) is 0.361. The van der Waals surface area contributed by atoms with Crippen molar-refractivity contribution in [3.8, 4) is 22.1 Å². The van der Waals surface area contributed by atoms with Gasteiger partial charge in [0, 0.05) is 30.1 Å². The lowest BCUT2D eigenvalue weighted by Gasteiger charge is -2.20. The Balaban J connectivity index is 1.13. The lowest BCUT2D eigenvalue weighted by molar-refractivity contribution is -0.118. The number of aliphatic imine (C=N–C) groups is 1. The van der Waals surface area contributed by atoms with Crippen molar-refractivity contribution in [2.24, 2.45) is 4.99 Å². The van der Waals surface area contributed by atoms with Gasteiger partial charge in [-0.25, -0.2) is 4.98 Å². The van der Waals surface area contributed by atoms with Gasteiger partial charge in [-0.3, -0.25) is 14.6 Å². The second-order valence-electron chi connectivity index (χ2n) is 8.91. The first-order chi connectivity index (χ1) is 18.1. The number of nitrogens with one attached hydrogen (secondary N) is 1. The minimum absolute atomic E-state index is 0.0158. The number of hydrogen-bond acceptors (Lipinski definition) is 7. The summed E-state index contributed by atoms with van der Waals surface area (Å²) in [5, 5.41) is 3.78. The first-order valence-corrected chi connectivity index (χ1v) is 12.9. The van der Waals surface area contributed by atoms with Crippen LogP contribution in [0, 0.1) is 0 Å². The van der Waals surface area contributed by atoms with Crippen LogP contribution in [0.1, 0.15) is 23.2 Å². The molecule has 0 unspecified atom stereocenters. The molecule has 186 valence electrons. The summed E-state index contributed by atoms with van der Waals surface area (Å²) >= 11 is 1.63. The lowest BCUT2D eigenvalue weighted by Crippen LogP contribution is -2.35. The van der Waals surface area contributed by atoms with E-state index in [0.29, 0.717) is 28.4 Å². The number of nitrogens with zero attached hydrogens (tertiary/aromatic N) is 3. The molecular formula is C28H24N4O4S. The standard InChI is InChI=1S/C28H24N4O4S/c1-35-23-13-20-22(29-15-19-5-4-12-32(19)28(20)34)14-24(23)36-16-26(33)30-18-10-8-17(9-11-18)27-31-21-6-2-3-7-25(21)37-27/h2-3,6-11,13-15,19H,4-5,12,16H2,1H3,(H,30,33)/t19-/m0/s1. The van der Waals surface area contributed by atoms with Crippen molar-refractivity contribution in [2.75, 3.05) is 25.6 Å². The van der Waals surface area contributed by atoms with Crippen molar-refractivity contribution >= 4 is 51.0 Å². The highest BCUT2D eigenvalue weighted by Crippen LogP contribution is 2.38. The number of rotatable bonds is 6. The molecule has 0 radical (unpaired) electrons. The molecule has 1 atom stereocenters. The third-order valence-electron chi connectivity index (χ3n) is 6.53. The van der Waals surface area contributed by atoms with Crippen molar-refractivity contribution in [3.63, 3.8) is 0 Å². The molecule has 3 heterocycles. The Morgan fingerprint density at radius 1 is 1.14 bits per heavy atom. The molecule has 3 aromatic carbocycles. The number of para-hydroxylation sites is 1. The van der Waals surface area contributed by atoms with Gasteiger partial charge in [0.2, 0.25) is 0 Å². The molecule has 9 heteroatoms. The quantitative estimate of drug-likeness (QED) is 0.378. The Morgan fingerprint density at radius 3 is 2.78 bits per heavy atom. The van der Waals surface area contributed by atoms with Crippen LogP contribution in [-0.4, -0.2) is 54.2 Å². The number of anilines is 1. The smallest absolute Gasteiger partial charge is 0.262 e. The molecule has 8 nitrogen and oxygen atoms in total. The molecular weight excluding hydrogens is 488 g/mol. The third-order valence-corrected chi connectivity index (χ3v) is 7.61. The Bertz CT molecular complexity index is 1500. The van der Waals surface area contributed by atoms with E-state index in [-0.39, 0.29) is 24.5 Å². The van der Waals surface area contributed by atoms with Gasteiger partial charge in [0.1, 0.15) is 5.01 Å². The highest BCUT2D eigenvalue weighted by Gasteiger charge is 2.32. The van der Waals surface area contributed by atoms with E-state index in [1.165, 1.54) is 7.11 Å². The lowest BCUT2D eigenvalue weighted by atomic mass is 10.1. The number of carbonyl (C=O) groups excluding carboxylic acids is 2. The van der Waals surface area contributed by atoms with Gasteiger partial charge in [0.25, 0.3) is 11.8 Å². The van der Waals surface area contributed by atoms with E-state index >= 15 is 0 Å². The Kier molecular flexibility index (Phi) is 6.05. The summed E-state index contributed by atoms with van der Waals surface area (Å²) in [4.78, 5) is 36.7. The monoisotopic (exact) mass is 512 g/mol. The highest BCUT2D eigenvalue weighted by molar-refractivity contribution is 7.21. The average Bonchev–Trinajstić information content (AvgIpc) is 3.55. The van der Waals surface area contributed by atoms with Crippen LogP contribution < -0.4 is 14.8 Å². The van der Waals surface area contributed by atoms with Crippen LogP contribution in [-0.2, 0) is 4.79 Å². The van der Waals surface area contributed by atoms with Crippen molar-refractivity contribution in [2.45, 2.75) is 18.9 Å². The molecule has 2 aliphatic heterocycles. The second kappa shape index (κ2) is 9.67. The minimum Gasteiger partial charge on any atom is -0.493 e. The molecule has 4 aromatic rings. The van der Waals surface area contributed by atoms with E-state index in [1.807, 2.05) is 53.6 Å². The van der Waals surface area contributed by atoms with Crippen LogP contribution in [0.2, 0.25) is 0 Å². The van der Waals surface area contributed by atoms with Crippen LogP contribution in [0.25, 0.3) is 20.8 Å². The van der Waals surface area contributed by atoms with Gasteiger partial charge in [0.15, 0.2) is 18.1 Å².